The highest BCUT2D eigenvalue weighted by Gasteiger charge is 2.39. The van der Waals surface area contributed by atoms with Crippen LogP contribution in [-0.4, -0.2) is 38.1 Å². The monoisotopic (exact) mass is 326 g/mol. The first kappa shape index (κ1) is 14.7. The van der Waals surface area contributed by atoms with Crippen molar-refractivity contribution < 1.29 is 30.0 Å². The summed E-state index contributed by atoms with van der Waals surface area (Å²) in [6, 6.07) is 4.12. The molecule has 6 nitrogen and oxygen atoms in total. The lowest BCUT2D eigenvalue weighted by Crippen LogP contribution is -2.25. The smallest absolute Gasteiger partial charge is 0.202 e. The Morgan fingerprint density at radius 2 is 1.54 bits per heavy atom. The lowest BCUT2D eigenvalue weighted by Gasteiger charge is -2.28. The molecule has 1 atom stereocenters. The summed E-state index contributed by atoms with van der Waals surface area (Å²) in [5.74, 6) is -2.39. The van der Waals surface area contributed by atoms with Gasteiger partial charge in [0.2, 0.25) is 5.78 Å². The Bertz CT molecular complexity index is 928. The Kier molecular flexibility index (Phi) is 2.95. The first-order valence-corrected chi connectivity index (χ1v) is 7.60. The molecule has 2 aromatic carbocycles. The van der Waals surface area contributed by atoms with Crippen LogP contribution in [0.3, 0.4) is 0 Å². The van der Waals surface area contributed by atoms with Crippen LogP contribution < -0.4 is 0 Å². The molecule has 0 radical (unpaired) electrons. The van der Waals surface area contributed by atoms with Gasteiger partial charge in [0.15, 0.2) is 5.78 Å². The van der Waals surface area contributed by atoms with Crippen LogP contribution in [0.15, 0.2) is 18.2 Å². The van der Waals surface area contributed by atoms with Gasteiger partial charge in [0, 0.05) is 23.1 Å². The number of hydrogen-bond donors (Lipinski definition) is 4. The molecule has 0 saturated carbocycles. The molecular formula is C18H14O6. The van der Waals surface area contributed by atoms with E-state index in [2.05, 4.69) is 0 Å². The first-order chi connectivity index (χ1) is 11.4. The van der Waals surface area contributed by atoms with Crippen molar-refractivity contribution in [2.45, 2.75) is 25.4 Å². The number of fused-ring (bicyclic) bond motifs is 3. The van der Waals surface area contributed by atoms with Gasteiger partial charge in [-0.15, -0.1) is 0 Å². The van der Waals surface area contributed by atoms with Crippen LogP contribution in [0, 0.1) is 0 Å². The molecular weight excluding hydrogens is 312 g/mol. The highest BCUT2D eigenvalue weighted by atomic mass is 16.3. The SMILES string of the molecule is O=C1c2cccc(O)c2C(=O)c2c(O)c3c(c(O)c21)CC(O)CC3. The topological polar surface area (TPSA) is 115 Å². The molecule has 0 fully saturated rings. The van der Waals surface area contributed by atoms with Crippen molar-refractivity contribution in [1.29, 1.82) is 0 Å². The molecule has 0 saturated heterocycles. The fourth-order valence-electron chi connectivity index (χ4n) is 3.63. The second-order valence-electron chi connectivity index (χ2n) is 6.16. The highest BCUT2D eigenvalue weighted by Crippen LogP contribution is 2.46. The van der Waals surface area contributed by atoms with Gasteiger partial charge in [-0.1, -0.05) is 12.1 Å². The molecule has 6 heteroatoms. The number of carbonyl (C=O) groups excluding carboxylic acids is 2. The fraction of sp³-hybridized carbons (Fsp3) is 0.222. The summed E-state index contributed by atoms with van der Waals surface area (Å²) < 4.78 is 0. The molecule has 4 rings (SSSR count). The second-order valence-corrected chi connectivity index (χ2v) is 6.16. The van der Waals surface area contributed by atoms with Crippen LogP contribution in [0.1, 0.15) is 49.4 Å². The van der Waals surface area contributed by atoms with E-state index < -0.39 is 17.7 Å². The molecule has 122 valence electrons. The van der Waals surface area contributed by atoms with Crippen LogP contribution in [0.4, 0.5) is 0 Å². The Morgan fingerprint density at radius 1 is 0.875 bits per heavy atom. The largest absolute Gasteiger partial charge is 0.507 e. The minimum Gasteiger partial charge on any atom is -0.507 e. The zero-order chi connectivity index (χ0) is 17.2. The Balaban J connectivity index is 2.07. The zero-order valence-corrected chi connectivity index (χ0v) is 12.5. The molecule has 2 aromatic rings. The van der Waals surface area contributed by atoms with Gasteiger partial charge in [-0.2, -0.15) is 0 Å². The summed E-state index contributed by atoms with van der Waals surface area (Å²) >= 11 is 0. The van der Waals surface area contributed by atoms with E-state index in [0.29, 0.717) is 17.5 Å². The molecule has 2 aliphatic carbocycles. The van der Waals surface area contributed by atoms with Gasteiger partial charge < -0.3 is 20.4 Å². The summed E-state index contributed by atoms with van der Waals surface area (Å²) in [4.78, 5) is 25.5. The normalized spacial score (nSPS) is 18.8. The van der Waals surface area contributed by atoms with E-state index >= 15 is 0 Å². The molecule has 0 amide bonds. The summed E-state index contributed by atoms with van der Waals surface area (Å²) in [6.07, 6.45) is 0.115. The molecule has 24 heavy (non-hydrogen) atoms. The van der Waals surface area contributed by atoms with E-state index in [1.807, 2.05) is 0 Å². The number of phenolic OH excluding ortho intramolecular Hbond substituents is 3. The van der Waals surface area contributed by atoms with Gasteiger partial charge in [-0.05, 0) is 18.9 Å². The molecule has 0 spiro atoms. The summed E-state index contributed by atoms with van der Waals surface area (Å²) in [5, 5.41) is 40.9. The first-order valence-electron chi connectivity index (χ1n) is 7.60. The number of benzene rings is 2. The average Bonchev–Trinajstić information content (AvgIpc) is 2.55. The van der Waals surface area contributed by atoms with Crippen molar-refractivity contribution in [1.82, 2.24) is 0 Å². The van der Waals surface area contributed by atoms with Gasteiger partial charge >= 0.3 is 0 Å². The van der Waals surface area contributed by atoms with Crippen LogP contribution in [0.2, 0.25) is 0 Å². The molecule has 0 aromatic heterocycles. The molecule has 0 heterocycles. The molecule has 4 N–H and O–H groups in total. The average molecular weight is 326 g/mol. The molecule has 0 aliphatic heterocycles. The Hall–Kier alpha value is -2.86. The maximum atomic E-state index is 12.8. The number of phenols is 3. The van der Waals surface area contributed by atoms with E-state index in [9.17, 15) is 30.0 Å². The summed E-state index contributed by atoms with van der Waals surface area (Å²) in [5.41, 5.74) is -0.0459. The van der Waals surface area contributed by atoms with Crippen LogP contribution in [0.5, 0.6) is 17.2 Å². The maximum Gasteiger partial charge on any atom is 0.202 e. The van der Waals surface area contributed by atoms with Crippen LogP contribution in [-0.2, 0) is 12.8 Å². The number of aliphatic hydroxyl groups excluding tert-OH is 1. The minimum atomic E-state index is -0.695. The summed E-state index contributed by atoms with van der Waals surface area (Å²) in [6.45, 7) is 0. The van der Waals surface area contributed by atoms with Gasteiger partial charge in [-0.25, -0.2) is 0 Å². The number of carbonyl (C=O) groups is 2. The Labute approximate surface area is 136 Å². The second kappa shape index (κ2) is 4.82. The van der Waals surface area contributed by atoms with E-state index in [-0.39, 0.29) is 52.3 Å². The number of ketones is 2. The lowest BCUT2D eigenvalue weighted by molar-refractivity contribution is 0.0970. The quantitative estimate of drug-likeness (QED) is 0.465. The number of rotatable bonds is 0. The lowest BCUT2D eigenvalue weighted by atomic mass is 9.77. The third-order valence-corrected chi connectivity index (χ3v) is 4.80. The number of aromatic hydroxyl groups is 3. The van der Waals surface area contributed by atoms with Crippen molar-refractivity contribution >= 4 is 11.6 Å². The van der Waals surface area contributed by atoms with Crippen molar-refractivity contribution in [3.05, 3.63) is 51.6 Å². The predicted octanol–water partition coefficient (Wildman–Crippen LogP) is 1.43. The molecule has 1 unspecified atom stereocenters. The fourth-order valence-corrected chi connectivity index (χ4v) is 3.63. The predicted molar refractivity (Wildman–Crippen MR) is 82.8 cm³/mol. The van der Waals surface area contributed by atoms with Gasteiger partial charge in [0.1, 0.15) is 17.2 Å². The van der Waals surface area contributed by atoms with Crippen molar-refractivity contribution in [3.8, 4) is 17.2 Å². The maximum absolute atomic E-state index is 12.8. The van der Waals surface area contributed by atoms with E-state index in [1.54, 1.807) is 0 Å². The van der Waals surface area contributed by atoms with Crippen LogP contribution >= 0.6 is 0 Å². The Morgan fingerprint density at radius 3 is 2.29 bits per heavy atom. The van der Waals surface area contributed by atoms with E-state index in [1.165, 1.54) is 18.2 Å². The van der Waals surface area contributed by atoms with Gasteiger partial charge in [-0.3, -0.25) is 9.59 Å². The molecule has 0 bridgehead atoms. The standard InChI is InChI=1S/C18H14O6/c19-7-4-5-8-10(6-7)17(23)13-14(15(8)21)18(24)12-9(16(13)22)2-1-3-11(12)20/h1-3,7,19-21,23H,4-6H2. The third-order valence-electron chi connectivity index (χ3n) is 4.80. The van der Waals surface area contributed by atoms with Crippen LogP contribution in [0.25, 0.3) is 0 Å². The van der Waals surface area contributed by atoms with Gasteiger partial charge in [0.25, 0.3) is 0 Å². The minimum absolute atomic E-state index is 0.0153. The number of aliphatic hydroxyl groups is 1. The summed E-state index contributed by atoms with van der Waals surface area (Å²) in [7, 11) is 0. The van der Waals surface area contributed by atoms with Gasteiger partial charge in [0.05, 0.1) is 22.8 Å². The van der Waals surface area contributed by atoms with Crippen molar-refractivity contribution in [2.24, 2.45) is 0 Å². The highest BCUT2D eigenvalue weighted by molar-refractivity contribution is 6.31. The van der Waals surface area contributed by atoms with E-state index in [0.717, 1.165) is 0 Å². The number of hydrogen-bond acceptors (Lipinski definition) is 6. The zero-order valence-electron chi connectivity index (χ0n) is 12.5. The van der Waals surface area contributed by atoms with Crippen molar-refractivity contribution in [2.75, 3.05) is 0 Å². The third kappa shape index (κ3) is 1.74. The van der Waals surface area contributed by atoms with Crippen molar-refractivity contribution in [3.63, 3.8) is 0 Å². The molecule has 2 aliphatic rings. The van der Waals surface area contributed by atoms with E-state index in [4.69, 9.17) is 0 Å².